The van der Waals surface area contributed by atoms with E-state index < -0.39 is 5.97 Å². The highest BCUT2D eigenvalue weighted by Crippen LogP contribution is 2.26. The molecule has 2 aromatic rings. The Kier molecular flexibility index (Phi) is 4.08. The van der Waals surface area contributed by atoms with Gasteiger partial charge in [-0.15, -0.1) is 5.10 Å². The van der Waals surface area contributed by atoms with Crippen molar-refractivity contribution < 1.29 is 14.3 Å². The largest absolute Gasteiger partial charge is 0.481 e. The maximum Gasteiger partial charge on any atom is 0.305 e. The lowest BCUT2D eigenvalue weighted by atomic mass is 10.2. The average Bonchev–Trinajstić information content (AvgIpc) is 2.76. The molecule has 0 fully saturated rings. The molecule has 1 unspecified atom stereocenters. The van der Waals surface area contributed by atoms with Crippen LogP contribution < -0.4 is 0 Å². The standard InChI is InChI=1S/C11H10FIN4O2/c1-6(4-10(18)19)17-11(14-15-16-17)8-3-2-7(12)5-9(8)13/h2-3,5-6H,4H2,1H3,(H,18,19). The van der Waals surface area contributed by atoms with E-state index in [0.717, 1.165) is 0 Å². The smallest absolute Gasteiger partial charge is 0.305 e. The van der Waals surface area contributed by atoms with Crippen molar-refractivity contribution in [3.05, 3.63) is 27.6 Å². The first-order valence-corrected chi connectivity index (χ1v) is 6.52. The van der Waals surface area contributed by atoms with Crippen LogP contribution in [-0.4, -0.2) is 31.3 Å². The summed E-state index contributed by atoms with van der Waals surface area (Å²) in [6.45, 7) is 1.71. The second kappa shape index (κ2) is 5.59. The van der Waals surface area contributed by atoms with Gasteiger partial charge in [-0.25, -0.2) is 9.07 Å². The summed E-state index contributed by atoms with van der Waals surface area (Å²) in [6.07, 6.45) is -0.0875. The molecule has 1 aromatic heterocycles. The quantitative estimate of drug-likeness (QED) is 0.827. The Morgan fingerprint density at radius 1 is 1.58 bits per heavy atom. The maximum atomic E-state index is 13.1. The monoisotopic (exact) mass is 376 g/mol. The van der Waals surface area contributed by atoms with Gasteiger partial charge in [0.25, 0.3) is 0 Å². The number of carboxylic acid groups (broad SMARTS) is 1. The van der Waals surface area contributed by atoms with Crippen molar-refractivity contribution in [2.75, 3.05) is 0 Å². The van der Waals surface area contributed by atoms with Crippen LogP contribution in [0.4, 0.5) is 4.39 Å². The molecule has 0 saturated heterocycles. The first-order chi connectivity index (χ1) is 8.99. The number of hydrogen-bond donors (Lipinski definition) is 1. The van der Waals surface area contributed by atoms with Gasteiger partial charge in [0.1, 0.15) is 5.82 Å². The molecule has 19 heavy (non-hydrogen) atoms. The number of carbonyl (C=O) groups is 1. The predicted molar refractivity (Wildman–Crippen MR) is 72.9 cm³/mol. The summed E-state index contributed by atoms with van der Waals surface area (Å²) in [5.41, 5.74) is 0.671. The van der Waals surface area contributed by atoms with Crippen molar-refractivity contribution in [2.24, 2.45) is 0 Å². The maximum absolute atomic E-state index is 13.1. The Balaban J connectivity index is 2.41. The van der Waals surface area contributed by atoms with E-state index in [1.807, 2.05) is 22.6 Å². The number of tetrazole rings is 1. The van der Waals surface area contributed by atoms with Crippen molar-refractivity contribution in [3.63, 3.8) is 0 Å². The van der Waals surface area contributed by atoms with E-state index in [0.29, 0.717) is 15.0 Å². The number of carboxylic acids is 1. The Labute approximate surface area is 121 Å². The molecule has 1 atom stereocenters. The molecule has 1 N–H and O–H groups in total. The van der Waals surface area contributed by atoms with Crippen LogP contribution >= 0.6 is 22.6 Å². The molecule has 100 valence electrons. The van der Waals surface area contributed by atoms with Gasteiger partial charge >= 0.3 is 5.97 Å². The van der Waals surface area contributed by atoms with E-state index in [1.54, 1.807) is 13.0 Å². The highest BCUT2D eigenvalue weighted by Gasteiger charge is 2.18. The molecule has 1 aromatic carbocycles. The number of rotatable bonds is 4. The molecular weight excluding hydrogens is 366 g/mol. The van der Waals surface area contributed by atoms with E-state index >= 15 is 0 Å². The van der Waals surface area contributed by atoms with E-state index in [4.69, 9.17) is 5.11 Å². The molecule has 0 aliphatic carbocycles. The fraction of sp³-hybridized carbons (Fsp3) is 0.273. The number of nitrogens with zero attached hydrogens (tertiary/aromatic N) is 4. The van der Waals surface area contributed by atoms with Crippen LogP contribution in [0.15, 0.2) is 18.2 Å². The lowest BCUT2D eigenvalue weighted by Crippen LogP contribution is -2.13. The Morgan fingerprint density at radius 3 is 2.95 bits per heavy atom. The first kappa shape index (κ1) is 13.8. The summed E-state index contributed by atoms with van der Waals surface area (Å²) >= 11 is 1.99. The van der Waals surface area contributed by atoms with Crippen LogP contribution in [0.5, 0.6) is 0 Å². The molecule has 0 amide bonds. The fourth-order valence-corrected chi connectivity index (χ4v) is 2.40. The van der Waals surface area contributed by atoms with Gasteiger partial charge in [0.05, 0.1) is 12.5 Å². The molecule has 0 aliphatic rings. The Morgan fingerprint density at radius 2 is 2.32 bits per heavy atom. The number of aliphatic carboxylic acids is 1. The van der Waals surface area contributed by atoms with Gasteiger partial charge in [0.15, 0.2) is 5.82 Å². The zero-order chi connectivity index (χ0) is 14.0. The molecule has 0 spiro atoms. The van der Waals surface area contributed by atoms with Gasteiger partial charge in [0.2, 0.25) is 0 Å². The summed E-state index contributed by atoms with van der Waals surface area (Å²) in [4.78, 5) is 10.7. The van der Waals surface area contributed by atoms with Crippen molar-refractivity contribution in [2.45, 2.75) is 19.4 Å². The molecular formula is C11H10FIN4O2. The first-order valence-electron chi connectivity index (χ1n) is 5.44. The van der Waals surface area contributed by atoms with Crippen LogP contribution in [-0.2, 0) is 4.79 Å². The molecule has 6 nitrogen and oxygen atoms in total. The summed E-state index contributed by atoms with van der Waals surface area (Å²) in [6, 6.07) is 3.88. The van der Waals surface area contributed by atoms with Gasteiger partial charge in [-0.1, -0.05) is 0 Å². The van der Waals surface area contributed by atoms with Crippen LogP contribution in [0.25, 0.3) is 11.4 Å². The van der Waals surface area contributed by atoms with Gasteiger partial charge in [-0.3, -0.25) is 4.79 Å². The van der Waals surface area contributed by atoms with Crippen molar-refractivity contribution >= 4 is 28.6 Å². The molecule has 0 saturated carbocycles. The van der Waals surface area contributed by atoms with Crippen LogP contribution in [0.1, 0.15) is 19.4 Å². The zero-order valence-corrected chi connectivity index (χ0v) is 12.1. The van der Waals surface area contributed by atoms with Gasteiger partial charge in [-0.05, 0) is 58.1 Å². The highest BCUT2D eigenvalue weighted by atomic mass is 127. The van der Waals surface area contributed by atoms with E-state index in [-0.39, 0.29) is 18.3 Å². The minimum absolute atomic E-state index is 0.0875. The van der Waals surface area contributed by atoms with E-state index in [2.05, 4.69) is 15.5 Å². The number of aromatic nitrogens is 4. The Hall–Kier alpha value is -1.58. The van der Waals surface area contributed by atoms with Crippen LogP contribution in [0.2, 0.25) is 0 Å². The average molecular weight is 376 g/mol. The lowest BCUT2D eigenvalue weighted by molar-refractivity contribution is -0.137. The molecule has 2 rings (SSSR count). The molecule has 8 heteroatoms. The molecule has 1 heterocycles. The van der Waals surface area contributed by atoms with E-state index in [1.165, 1.54) is 16.8 Å². The van der Waals surface area contributed by atoms with Crippen LogP contribution in [0.3, 0.4) is 0 Å². The third-order valence-electron chi connectivity index (χ3n) is 2.55. The summed E-state index contributed by atoms with van der Waals surface area (Å²) in [7, 11) is 0. The lowest BCUT2D eigenvalue weighted by Gasteiger charge is -2.11. The SMILES string of the molecule is CC(CC(=O)O)n1nnnc1-c1ccc(F)cc1I. The highest BCUT2D eigenvalue weighted by molar-refractivity contribution is 14.1. The second-order valence-corrected chi connectivity index (χ2v) is 5.18. The summed E-state index contributed by atoms with van der Waals surface area (Å²) < 4.78 is 15.2. The van der Waals surface area contributed by atoms with Crippen LogP contribution in [0, 0.1) is 9.39 Å². The third kappa shape index (κ3) is 3.06. The Bertz CT molecular complexity index is 616. The minimum atomic E-state index is -0.928. The van der Waals surface area contributed by atoms with Crippen molar-refractivity contribution in [1.82, 2.24) is 20.2 Å². The summed E-state index contributed by atoms with van der Waals surface area (Å²) in [5.74, 6) is -0.841. The topological polar surface area (TPSA) is 80.9 Å². The van der Waals surface area contributed by atoms with Gasteiger partial charge < -0.3 is 5.11 Å². The third-order valence-corrected chi connectivity index (χ3v) is 3.44. The van der Waals surface area contributed by atoms with E-state index in [9.17, 15) is 9.18 Å². The number of hydrogen-bond acceptors (Lipinski definition) is 4. The molecule has 0 radical (unpaired) electrons. The second-order valence-electron chi connectivity index (χ2n) is 4.02. The normalized spacial score (nSPS) is 12.4. The molecule has 0 bridgehead atoms. The van der Waals surface area contributed by atoms with Crippen molar-refractivity contribution in [3.8, 4) is 11.4 Å². The summed E-state index contributed by atoms with van der Waals surface area (Å²) in [5, 5.41) is 20.1. The van der Waals surface area contributed by atoms with Gasteiger partial charge in [-0.2, -0.15) is 0 Å². The predicted octanol–water partition coefficient (Wildman–Crippen LogP) is 2.12. The van der Waals surface area contributed by atoms with Crippen molar-refractivity contribution in [1.29, 1.82) is 0 Å². The fourth-order valence-electron chi connectivity index (χ4n) is 1.68. The van der Waals surface area contributed by atoms with Gasteiger partial charge in [0, 0.05) is 9.13 Å². The zero-order valence-electron chi connectivity index (χ0n) is 9.92. The number of halogens is 2. The molecule has 0 aliphatic heterocycles. The number of benzene rings is 1. The minimum Gasteiger partial charge on any atom is -0.481 e.